The Morgan fingerprint density at radius 3 is 2.81 bits per heavy atom. The molecule has 1 heterocycles. The van der Waals surface area contributed by atoms with E-state index in [1.807, 2.05) is 12.1 Å². The van der Waals surface area contributed by atoms with Crippen molar-refractivity contribution in [2.75, 3.05) is 53.5 Å². The Morgan fingerprint density at radius 1 is 1.38 bits per heavy atom. The van der Waals surface area contributed by atoms with Crippen LogP contribution in [0.4, 0.5) is 0 Å². The molecule has 2 rings (SSSR count). The van der Waals surface area contributed by atoms with Crippen molar-refractivity contribution in [3.8, 4) is 11.8 Å². The molecule has 0 aliphatic carbocycles. The predicted octanol–water partition coefficient (Wildman–Crippen LogP) is 1.20. The molecule has 0 radical (unpaired) electrons. The summed E-state index contributed by atoms with van der Waals surface area (Å²) in [6.07, 6.45) is 0.281. The highest BCUT2D eigenvalue weighted by Gasteiger charge is 2.20. The summed E-state index contributed by atoms with van der Waals surface area (Å²) in [6.45, 7) is 5.20. The first-order chi connectivity index (χ1) is 10.2. The molecule has 0 saturated carbocycles. The van der Waals surface area contributed by atoms with Crippen molar-refractivity contribution in [1.82, 2.24) is 9.80 Å². The monoisotopic (exact) mass is 289 g/mol. The fourth-order valence-electron chi connectivity index (χ4n) is 2.42. The van der Waals surface area contributed by atoms with Gasteiger partial charge >= 0.3 is 0 Å². The smallest absolute Gasteiger partial charge is 0.119 e. The van der Waals surface area contributed by atoms with Crippen LogP contribution >= 0.6 is 0 Å². The zero-order chi connectivity index (χ0) is 15.1. The van der Waals surface area contributed by atoms with Gasteiger partial charge in [-0.25, -0.2) is 0 Å². The van der Waals surface area contributed by atoms with Gasteiger partial charge < -0.3 is 14.4 Å². The highest BCUT2D eigenvalue weighted by Crippen LogP contribution is 2.12. The van der Waals surface area contributed by atoms with Gasteiger partial charge in [0.2, 0.25) is 0 Å². The van der Waals surface area contributed by atoms with Gasteiger partial charge in [-0.1, -0.05) is 0 Å². The average molecular weight is 289 g/mol. The lowest BCUT2D eigenvalue weighted by Gasteiger charge is -2.34. The molecule has 1 aliphatic heterocycles. The third-order valence-corrected chi connectivity index (χ3v) is 3.45. The molecule has 1 saturated heterocycles. The Bertz CT molecular complexity index is 467. The largest absolute Gasteiger partial charge is 0.492 e. The molecule has 1 atom stereocenters. The normalized spacial score (nSPS) is 19.4. The summed E-state index contributed by atoms with van der Waals surface area (Å²) in [7, 11) is 4.13. The fraction of sp³-hybridized carbons (Fsp3) is 0.562. The number of rotatable bonds is 6. The molecule has 1 fully saturated rings. The van der Waals surface area contributed by atoms with E-state index in [1.54, 1.807) is 12.1 Å². The Hall–Kier alpha value is -1.61. The van der Waals surface area contributed by atoms with E-state index < -0.39 is 0 Å². The predicted molar refractivity (Wildman–Crippen MR) is 81.4 cm³/mol. The summed E-state index contributed by atoms with van der Waals surface area (Å²) in [5.74, 6) is 0.812. The van der Waals surface area contributed by atoms with E-state index in [0.717, 1.165) is 38.5 Å². The van der Waals surface area contributed by atoms with Crippen LogP contribution in [0.25, 0.3) is 0 Å². The van der Waals surface area contributed by atoms with E-state index in [0.29, 0.717) is 12.2 Å². The molecule has 114 valence electrons. The van der Waals surface area contributed by atoms with E-state index in [4.69, 9.17) is 14.7 Å². The lowest BCUT2D eigenvalue weighted by atomic mass is 10.2. The molecule has 1 aromatic carbocycles. The Kier molecular flexibility index (Phi) is 6.00. The van der Waals surface area contributed by atoms with Gasteiger partial charge in [-0.05, 0) is 38.4 Å². The van der Waals surface area contributed by atoms with Crippen LogP contribution in [0, 0.1) is 11.3 Å². The Labute approximate surface area is 126 Å². The van der Waals surface area contributed by atoms with Gasteiger partial charge in [0, 0.05) is 26.2 Å². The zero-order valence-electron chi connectivity index (χ0n) is 12.8. The van der Waals surface area contributed by atoms with Crippen LogP contribution in [-0.2, 0) is 4.74 Å². The number of ether oxygens (including phenoxy) is 2. The minimum Gasteiger partial charge on any atom is -0.492 e. The number of hydrogen-bond donors (Lipinski definition) is 0. The summed E-state index contributed by atoms with van der Waals surface area (Å²) < 4.78 is 11.5. The first-order valence-electron chi connectivity index (χ1n) is 7.29. The van der Waals surface area contributed by atoms with E-state index >= 15 is 0 Å². The Balaban J connectivity index is 1.71. The number of nitriles is 1. The minimum atomic E-state index is 0.281. The number of likely N-dealkylation sites (N-methyl/N-ethyl adjacent to an activating group) is 1. The maximum absolute atomic E-state index is 8.75. The molecule has 5 heteroatoms. The van der Waals surface area contributed by atoms with Crippen molar-refractivity contribution >= 4 is 0 Å². The van der Waals surface area contributed by atoms with Gasteiger partial charge in [0.25, 0.3) is 0 Å². The van der Waals surface area contributed by atoms with Crippen LogP contribution in [0.2, 0.25) is 0 Å². The third kappa shape index (κ3) is 5.35. The first kappa shape index (κ1) is 15.8. The molecule has 0 unspecified atom stereocenters. The summed E-state index contributed by atoms with van der Waals surface area (Å²) in [5, 5.41) is 8.75. The van der Waals surface area contributed by atoms with Crippen molar-refractivity contribution in [2.45, 2.75) is 6.10 Å². The summed E-state index contributed by atoms with van der Waals surface area (Å²) >= 11 is 0. The summed E-state index contributed by atoms with van der Waals surface area (Å²) in [4.78, 5) is 4.53. The molecule has 0 aromatic heterocycles. The van der Waals surface area contributed by atoms with Gasteiger partial charge in [-0.15, -0.1) is 0 Å². The van der Waals surface area contributed by atoms with Crippen LogP contribution in [0.5, 0.6) is 5.75 Å². The van der Waals surface area contributed by atoms with Crippen molar-refractivity contribution in [3.05, 3.63) is 29.8 Å². The molecular formula is C16H23N3O2. The first-order valence-corrected chi connectivity index (χ1v) is 7.29. The van der Waals surface area contributed by atoms with Gasteiger partial charge in [-0.3, -0.25) is 4.90 Å². The van der Waals surface area contributed by atoms with Crippen LogP contribution in [0.1, 0.15) is 5.56 Å². The number of hydrogen-bond acceptors (Lipinski definition) is 5. The van der Waals surface area contributed by atoms with Crippen LogP contribution in [-0.4, -0.2) is 69.4 Å². The van der Waals surface area contributed by atoms with Gasteiger partial charge in [0.1, 0.15) is 12.4 Å². The SMILES string of the molecule is CN(C)C[C@@H]1CN(CCOc2ccc(C#N)cc2)CCO1. The van der Waals surface area contributed by atoms with Crippen molar-refractivity contribution < 1.29 is 9.47 Å². The second-order valence-electron chi connectivity index (χ2n) is 5.54. The maximum Gasteiger partial charge on any atom is 0.119 e. The second kappa shape index (κ2) is 7.99. The van der Waals surface area contributed by atoms with Crippen LogP contribution in [0.3, 0.4) is 0 Å². The van der Waals surface area contributed by atoms with E-state index in [1.165, 1.54) is 0 Å². The lowest BCUT2D eigenvalue weighted by Crippen LogP contribution is -2.47. The van der Waals surface area contributed by atoms with E-state index in [-0.39, 0.29) is 6.10 Å². The fourth-order valence-corrected chi connectivity index (χ4v) is 2.42. The minimum absolute atomic E-state index is 0.281. The van der Waals surface area contributed by atoms with E-state index in [2.05, 4.69) is 30.0 Å². The molecule has 0 spiro atoms. The second-order valence-corrected chi connectivity index (χ2v) is 5.54. The van der Waals surface area contributed by atoms with Crippen molar-refractivity contribution in [1.29, 1.82) is 5.26 Å². The highest BCUT2D eigenvalue weighted by atomic mass is 16.5. The Morgan fingerprint density at radius 2 is 2.14 bits per heavy atom. The molecule has 1 aliphatic rings. The van der Waals surface area contributed by atoms with E-state index in [9.17, 15) is 0 Å². The molecule has 21 heavy (non-hydrogen) atoms. The average Bonchev–Trinajstić information content (AvgIpc) is 2.48. The molecule has 0 amide bonds. The topological polar surface area (TPSA) is 48.7 Å². The maximum atomic E-state index is 8.75. The highest BCUT2D eigenvalue weighted by molar-refractivity contribution is 5.34. The van der Waals surface area contributed by atoms with Gasteiger partial charge in [0.05, 0.1) is 24.3 Å². The third-order valence-electron chi connectivity index (χ3n) is 3.45. The molecule has 0 N–H and O–H groups in total. The standard InChI is InChI=1S/C16H23N3O2/c1-18(2)12-16-13-19(8-10-21-16)7-9-20-15-5-3-14(11-17)4-6-15/h3-6,16H,7-10,12-13H2,1-2H3/t16-/m1/s1. The molecule has 0 bridgehead atoms. The number of nitrogens with zero attached hydrogens (tertiary/aromatic N) is 3. The quantitative estimate of drug-likeness (QED) is 0.787. The molecular weight excluding hydrogens is 266 g/mol. The number of morpholine rings is 1. The van der Waals surface area contributed by atoms with Gasteiger partial charge in [-0.2, -0.15) is 5.26 Å². The summed E-state index contributed by atoms with van der Waals surface area (Å²) in [5.41, 5.74) is 0.655. The van der Waals surface area contributed by atoms with Gasteiger partial charge in [0.15, 0.2) is 0 Å². The zero-order valence-corrected chi connectivity index (χ0v) is 12.8. The van der Waals surface area contributed by atoms with Crippen molar-refractivity contribution in [3.63, 3.8) is 0 Å². The lowest BCUT2D eigenvalue weighted by molar-refractivity contribution is -0.0405. The van der Waals surface area contributed by atoms with Crippen molar-refractivity contribution in [2.24, 2.45) is 0 Å². The van der Waals surface area contributed by atoms with Crippen LogP contribution < -0.4 is 4.74 Å². The molecule has 1 aromatic rings. The summed E-state index contributed by atoms with van der Waals surface area (Å²) in [6, 6.07) is 9.33. The number of benzene rings is 1. The molecule has 5 nitrogen and oxygen atoms in total. The van der Waals surface area contributed by atoms with Crippen LogP contribution in [0.15, 0.2) is 24.3 Å².